The van der Waals surface area contributed by atoms with Crippen LogP contribution in [0.2, 0.25) is 0 Å². The second-order valence-electron chi connectivity index (χ2n) is 4.00. The number of piperazine rings is 1. The van der Waals surface area contributed by atoms with Crippen molar-refractivity contribution in [2.75, 3.05) is 31.1 Å². The Bertz CT molecular complexity index is 498. The highest BCUT2D eigenvalue weighted by Gasteiger charge is 2.21. The molecule has 1 aliphatic heterocycles. The monoisotopic (exact) mass is 242 g/mol. The zero-order chi connectivity index (χ0) is 13.0. The number of hydrogen-bond donors (Lipinski definition) is 0. The van der Waals surface area contributed by atoms with Gasteiger partial charge in [-0.15, -0.1) is 0 Å². The van der Waals surface area contributed by atoms with Gasteiger partial charge >= 0.3 is 0 Å². The molecule has 2 rings (SSSR count). The molecular formula is C13H14N4O. The quantitative estimate of drug-likeness (QED) is 0.719. The number of pyridine rings is 1. The van der Waals surface area contributed by atoms with Crippen molar-refractivity contribution >= 4 is 11.7 Å². The number of aromatic nitrogens is 1. The first-order valence-corrected chi connectivity index (χ1v) is 5.77. The largest absolute Gasteiger partial charge is 0.352 e. The number of rotatable bonds is 2. The molecule has 0 atom stereocenters. The Balaban J connectivity index is 2.08. The summed E-state index contributed by atoms with van der Waals surface area (Å²) >= 11 is 0. The SMILES string of the molecule is C=CC(=O)N1CCN(c2ncccc2C#N)CC1. The predicted molar refractivity (Wildman–Crippen MR) is 67.9 cm³/mol. The molecule has 2 heterocycles. The minimum absolute atomic E-state index is 0.0452. The van der Waals surface area contributed by atoms with Gasteiger partial charge in [-0.25, -0.2) is 4.98 Å². The Kier molecular flexibility index (Phi) is 3.58. The van der Waals surface area contributed by atoms with Gasteiger partial charge in [-0.05, 0) is 18.2 Å². The number of anilines is 1. The lowest BCUT2D eigenvalue weighted by atomic mass is 10.2. The molecule has 0 N–H and O–H groups in total. The van der Waals surface area contributed by atoms with E-state index in [1.54, 1.807) is 23.2 Å². The number of carbonyl (C=O) groups excluding carboxylic acids is 1. The van der Waals surface area contributed by atoms with Crippen LogP contribution in [0, 0.1) is 11.3 Å². The van der Waals surface area contributed by atoms with Crippen molar-refractivity contribution in [1.29, 1.82) is 5.26 Å². The molecule has 5 nitrogen and oxygen atoms in total. The summed E-state index contributed by atoms with van der Waals surface area (Å²) in [6, 6.07) is 5.64. The van der Waals surface area contributed by atoms with Gasteiger partial charge in [-0.3, -0.25) is 4.79 Å². The van der Waals surface area contributed by atoms with Crippen LogP contribution in [0.4, 0.5) is 5.82 Å². The molecule has 1 amide bonds. The number of nitrogens with zero attached hydrogens (tertiary/aromatic N) is 4. The summed E-state index contributed by atoms with van der Waals surface area (Å²) in [5, 5.41) is 9.03. The Labute approximate surface area is 106 Å². The van der Waals surface area contributed by atoms with E-state index in [0.717, 1.165) is 0 Å². The van der Waals surface area contributed by atoms with Gasteiger partial charge in [-0.2, -0.15) is 5.26 Å². The van der Waals surface area contributed by atoms with Crippen molar-refractivity contribution in [1.82, 2.24) is 9.88 Å². The lowest BCUT2D eigenvalue weighted by molar-refractivity contribution is -0.126. The standard InChI is InChI=1S/C13H14N4O/c1-2-12(18)16-6-8-17(9-7-16)13-11(10-14)4-3-5-15-13/h2-5H,1,6-9H2. The Morgan fingerprint density at radius 1 is 1.44 bits per heavy atom. The smallest absolute Gasteiger partial charge is 0.246 e. The maximum absolute atomic E-state index is 11.5. The molecule has 0 aliphatic carbocycles. The third-order valence-electron chi connectivity index (χ3n) is 2.97. The summed E-state index contributed by atoms with van der Waals surface area (Å²) in [7, 11) is 0. The van der Waals surface area contributed by atoms with Crippen LogP contribution in [0.1, 0.15) is 5.56 Å². The fourth-order valence-electron chi connectivity index (χ4n) is 2.00. The third kappa shape index (κ3) is 2.33. The average Bonchev–Trinajstić information content (AvgIpc) is 2.46. The van der Waals surface area contributed by atoms with Crippen LogP contribution in [-0.4, -0.2) is 42.0 Å². The normalized spacial score (nSPS) is 15.1. The van der Waals surface area contributed by atoms with Gasteiger partial charge in [0.2, 0.25) is 5.91 Å². The van der Waals surface area contributed by atoms with Crippen LogP contribution in [0.25, 0.3) is 0 Å². The summed E-state index contributed by atoms with van der Waals surface area (Å²) in [5.41, 5.74) is 0.570. The minimum atomic E-state index is -0.0452. The fraction of sp³-hybridized carbons (Fsp3) is 0.308. The molecule has 5 heteroatoms. The van der Waals surface area contributed by atoms with E-state index in [1.165, 1.54) is 6.08 Å². The van der Waals surface area contributed by atoms with Gasteiger partial charge in [-0.1, -0.05) is 6.58 Å². The van der Waals surface area contributed by atoms with Crippen LogP contribution in [-0.2, 0) is 4.79 Å². The molecule has 0 aromatic carbocycles. The molecule has 0 unspecified atom stereocenters. The molecule has 92 valence electrons. The first kappa shape index (κ1) is 12.1. The Morgan fingerprint density at radius 3 is 2.78 bits per heavy atom. The topological polar surface area (TPSA) is 60.2 Å². The van der Waals surface area contributed by atoms with E-state index in [-0.39, 0.29) is 5.91 Å². The average molecular weight is 242 g/mol. The number of carbonyl (C=O) groups is 1. The lowest BCUT2D eigenvalue weighted by Gasteiger charge is -2.35. The van der Waals surface area contributed by atoms with Crippen molar-refractivity contribution in [3.8, 4) is 6.07 Å². The first-order chi connectivity index (χ1) is 8.76. The summed E-state index contributed by atoms with van der Waals surface area (Å²) in [6.45, 7) is 6.11. The summed E-state index contributed by atoms with van der Waals surface area (Å²) in [6.07, 6.45) is 3.01. The molecule has 1 fully saturated rings. The number of hydrogen-bond acceptors (Lipinski definition) is 4. The number of nitriles is 1. The Hall–Kier alpha value is -2.35. The molecule has 1 saturated heterocycles. The molecule has 1 aromatic heterocycles. The second kappa shape index (κ2) is 5.32. The highest BCUT2D eigenvalue weighted by atomic mass is 16.2. The molecule has 1 aliphatic rings. The molecule has 0 radical (unpaired) electrons. The van der Waals surface area contributed by atoms with E-state index in [0.29, 0.717) is 37.6 Å². The maximum atomic E-state index is 11.5. The van der Waals surface area contributed by atoms with Gasteiger partial charge in [0.1, 0.15) is 11.9 Å². The molecule has 0 saturated carbocycles. The van der Waals surface area contributed by atoms with E-state index < -0.39 is 0 Å². The molecular weight excluding hydrogens is 228 g/mol. The van der Waals surface area contributed by atoms with Gasteiger partial charge in [0.15, 0.2) is 0 Å². The fourth-order valence-corrected chi connectivity index (χ4v) is 2.00. The minimum Gasteiger partial charge on any atom is -0.352 e. The van der Waals surface area contributed by atoms with Gasteiger partial charge in [0.05, 0.1) is 5.56 Å². The Morgan fingerprint density at radius 2 is 2.17 bits per heavy atom. The van der Waals surface area contributed by atoms with Gasteiger partial charge < -0.3 is 9.80 Å². The molecule has 0 bridgehead atoms. The van der Waals surface area contributed by atoms with Crippen molar-refractivity contribution < 1.29 is 4.79 Å². The lowest BCUT2D eigenvalue weighted by Crippen LogP contribution is -2.48. The zero-order valence-corrected chi connectivity index (χ0v) is 10.0. The third-order valence-corrected chi connectivity index (χ3v) is 2.97. The van der Waals surface area contributed by atoms with Crippen LogP contribution in [0.3, 0.4) is 0 Å². The number of amides is 1. The van der Waals surface area contributed by atoms with Crippen molar-refractivity contribution in [2.24, 2.45) is 0 Å². The van der Waals surface area contributed by atoms with Crippen molar-refractivity contribution in [3.05, 3.63) is 36.5 Å². The summed E-state index contributed by atoms with van der Waals surface area (Å²) in [4.78, 5) is 19.5. The van der Waals surface area contributed by atoms with Crippen LogP contribution in [0.5, 0.6) is 0 Å². The van der Waals surface area contributed by atoms with E-state index in [9.17, 15) is 4.79 Å². The second-order valence-corrected chi connectivity index (χ2v) is 4.00. The zero-order valence-electron chi connectivity index (χ0n) is 10.0. The maximum Gasteiger partial charge on any atom is 0.246 e. The van der Waals surface area contributed by atoms with E-state index in [4.69, 9.17) is 5.26 Å². The van der Waals surface area contributed by atoms with Crippen molar-refractivity contribution in [3.63, 3.8) is 0 Å². The van der Waals surface area contributed by atoms with Gasteiger partial charge in [0, 0.05) is 32.4 Å². The highest BCUT2D eigenvalue weighted by Crippen LogP contribution is 2.17. The molecule has 0 spiro atoms. The van der Waals surface area contributed by atoms with Gasteiger partial charge in [0.25, 0.3) is 0 Å². The van der Waals surface area contributed by atoms with Crippen LogP contribution >= 0.6 is 0 Å². The summed E-state index contributed by atoms with van der Waals surface area (Å²) < 4.78 is 0. The van der Waals surface area contributed by atoms with Crippen LogP contribution in [0.15, 0.2) is 31.0 Å². The van der Waals surface area contributed by atoms with Crippen LogP contribution < -0.4 is 4.90 Å². The molecule has 1 aromatic rings. The van der Waals surface area contributed by atoms with E-state index >= 15 is 0 Å². The van der Waals surface area contributed by atoms with E-state index in [2.05, 4.69) is 17.6 Å². The summed E-state index contributed by atoms with van der Waals surface area (Å²) in [5.74, 6) is 0.655. The predicted octanol–water partition coefficient (Wildman–Crippen LogP) is 0.788. The first-order valence-electron chi connectivity index (χ1n) is 5.77. The molecule has 18 heavy (non-hydrogen) atoms. The van der Waals surface area contributed by atoms with E-state index in [1.807, 2.05) is 4.90 Å². The highest BCUT2D eigenvalue weighted by molar-refractivity contribution is 5.87. The van der Waals surface area contributed by atoms with Crippen molar-refractivity contribution in [2.45, 2.75) is 0 Å².